The molecule has 0 radical (unpaired) electrons. The lowest BCUT2D eigenvalue weighted by atomic mass is 10.1. The third-order valence-corrected chi connectivity index (χ3v) is 3.30. The van der Waals surface area contributed by atoms with E-state index in [0.29, 0.717) is 18.9 Å². The van der Waals surface area contributed by atoms with E-state index in [1.165, 1.54) is 6.92 Å². The summed E-state index contributed by atoms with van der Waals surface area (Å²) >= 11 is 0. The second-order valence-corrected chi connectivity index (χ2v) is 5.20. The number of hydrogen-bond acceptors (Lipinski definition) is 4. The molecule has 0 spiro atoms. The highest BCUT2D eigenvalue weighted by Gasteiger charge is 2.02. The lowest BCUT2D eigenvalue weighted by Gasteiger charge is -2.09. The molecule has 126 valence electrons. The van der Waals surface area contributed by atoms with E-state index in [1.54, 1.807) is 19.2 Å². The highest BCUT2D eigenvalue weighted by atomic mass is 16.5. The molecule has 0 aliphatic rings. The van der Waals surface area contributed by atoms with E-state index in [9.17, 15) is 9.59 Å². The third-order valence-electron chi connectivity index (χ3n) is 3.30. The normalized spacial score (nSPS) is 10.1. The minimum absolute atomic E-state index is 0.0959. The standard InChI is InChI=1S/C18H21N3O3/c1-13(22)21-17-9-7-16(8-10-17)20-12-24-11-14-3-5-15(6-4-14)18(23)19-2/h3-10,20H,11-12H2,1-2H3,(H,19,23)(H,21,22). The molecular formula is C18H21N3O3. The molecule has 0 fully saturated rings. The molecule has 0 aromatic heterocycles. The smallest absolute Gasteiger partial charge is 0.251 e. The van der Waals surface area contributed by atoms with Gasteiger partial charge in [-0.1, -0.05) is 12.1 Å². The van der Waals surface area contributed by atoms with Gasteiger partial charge in [-0.3, -0.25) is 9.59 Å². The number of hydrogen-bond donors (Lipinski definition) is 3. The predicted octanol–water partition coefficient (Wildman–Crippen LogP) is 2.59. The zero-order valence-electron chi connectivity index (χ0n) is 13.8. The van der Waals surface area contributed by atoms with Gasteiger partial charge in [0.15, 0.2) is 0 Å². The second-order valence-electron chi connectivity index (χ2n) is 5.20. The van der Waals surface area contributed by atoms with Crippen LogP contribution in [0.5, 0.6) is 0 Å². The first-order valence-electron chi connectivity index (χ1n) is 7.59. The van der Waals surface area contributed by atoms with Crippen molar-refractivity contribution in [2.24, 2.45) is 0 Å². The molecule has 0 bridgehead atoms. The fraction of sp³-hybridized carbons (Fsp3) is 0.222. The summed E-state index contributed by atoms with van der Waals surface area (Å²) in [5.41, 5.74) is 3.27. The molecule has 3 N–H and O–H groups in total. The molecule has 0 heterocycles. The number of benzene rings is 2. The van der Waals surface area contributed by atoms with Crippen molar-refractivity contribution in [1.82, 2.24) is 5.32 Å². The molecule has 2 aromatic rings. The molecule has 6 nitrogen and oxygen atoms in total. The van der Waals surface area contributed by atoms with Crippen LogP contribution in [0, 0.1) is 0 Å². The molecule has 6 heteroatoms. The molecule has 2 rings (SSSR count). The quantitative estimate of drug-likeness (QED) is 0.539. The number of rotatable bonds is 7. The summed E-state index contributed by atoms with van der Waals surface area (Å²) in [5.74, 6) is -0.201. The Balaban J connectivity index is 1.74. The monoisotopic (exact) mass is 327 g/mol. The molecule has 0 saturated carbocycles. The second kappa shape index (κ2) is 8.69. The van der Waals surface area contributed by atoms with Gasteiger partial charge in [0.2, 0.25) is 5.91 Å². The summed E-state index contributed by atoms with van der Waals surface area (Å²) in [6.45, 7) is 2.28. The Labute approximate surface area is 141 Å². The van der Waals surface area contributed by atoms with Gasteiger partial charge in [-0.25, -0.2) is 0 Å². The summed E-state index contributed by atoms with van der Waals surface area (Å²) in [4.78, 5) is 22.4. The first-order chi connectivity index (χ1) is 11.6. The minimum Gasteiger partial charge on any atom is -0.363 e. The molecule has 2 aromatic carbocycles. The SMILES string of the molecule is CNC(=O)c1ccc(COCNc2ccc(NC(C)=O)cc2)cc1. The van der Waals surface area contributed by atoms with Gasteiger partial charge in [0, 0.05) is 30.9 Å². The average molecular weight is 327 g/mol. The van der Waals surface area contributed by atoms with Gasteiger partial charge < -0.3 is 20.7 Å². The Hall–Kier alpha value is -2.86. The van der Waals surface area contributed by atoms with Crippen LogP contribution < -0.4 is 16.0 Å². The van der Waals surface area contributed by atoms with Crippen LogP contribution in [0.15, 0.2) is 48.5 Å². The Morgan fingerprint density at radius 1 is 0.958 bits per heavy atom. The Morgan fingerprint density at radius 3 is 2.17 bits per heavy atom. The average Bonchev–Trinajstić information content (AvgIpc) is 2.59. The van der Waals surface area contributed by atoms with Crippen molar-refractivity contribution in [2.45, 2.75) is 13.5 Å². The van der Waals surface area contributed by atoms with Crippen molar-refractivity contribution in [1.29, 1.82) is 0 Å². The van der Waals surface area contributed by atoms with Crippen molar-refractivity contribution >= 4 is 23.2 Å². The van der Waals surface area contributed by atoms with E-state index in [1.807, 2.05) is 36.4 Å². The Morgan fingerprint density at radius 2 is 1.58 bits per heavy atom. The van der Waals surface area contributed by atoms with Crippen LogP contribution in [0.1, 0.15) is 22.8 Å². The van der Waals surface area contributed by atoms with E-state index >= 15 is 0 Å². The number of ether oxygens (including phenoxy) is 1. The van der Waals surface area contributed by atoms with Crippen LogP contribution in [0.4, 0.5) is 11.4 Å². The number of carbonyl (C=O) groups excluding carboxylic acids is 2. The number of carbonyl (C=O) groups is 2. The van der Waals surface area contributed by atoms with Crippen LogP contribution in [0.25, 0.3) is 0 Å². The van der Waals surface area contributed by atoms with E-state index < -0.39 is 0 Å². The molecule has 0 aliphatic heterocycles. The third kappa shape index (κ3) is 5.40. The van der Waals surface area contributed by atoms with Crippen LogP contribution in [0.2, 0.25) is 0 Å². The zero-order chi connectivity index (χ0) is 17.4. The fourth-order valence-electron chi connectivity index (χ4n) is 2.07. The first-order valence-corrected chi connectivity index (χ1v) is 7.59. The van der Waals surface area contributed by atoms with Crippen molar-refractivity contribution in [3.8, 4) is 0 Å². The fourth-order valence-corrected chi connectivity index (χ4v) is 2.07. The Bertz CT molecular complexity index is 682. The summed E-state index contributed by atoms with van der Waals surface area (Å²) in [6.07, 6.45) is 0. The maximum atomic E-state index is 11.4. The van der Waals surface area contributed by atoms with Crippen LogP contribution in [0.3, 0.4) is 0 Å². The molecule has 0 saturated heterocycles. The zero-order valence-corrected chi connectivity index (χ0v) is 13.8. The van der Waals surface area contributed by atoms with Crippen molar-refractivity contribution in [3.05, 3.63) is 59.7 Å². The van der Waals surface area contributed by atoms with Crippen molar-refractivity contribution in [2.75, 3.05) is 24.4 Å². The molecular weight excluding hydrogens is 306 g/mol. The van der Waals surface area contributed by atoms with Gasteiger partial charge in [0.05, 0.1) is 6.61 Å². The first kappa shape index (κ1) is 17.5. The Kier molecular flexibility index (Phi) is 6.33. The maximum Gasteiger partial charge on any atom is 0.251 e. The minimum atomic E-state index is -0.105. The van der Waals surface area contributed by atoms with Crippen LogP contribution in [-0.2, 0) is 16.1 Å². The van der Waals surface area contributed by atoms with Crippen molar-refractivity contribution in [3.63, 3.8) is 0 Å². The van der Waals surface area contributed by atoms with Gasteiger partial charge in [-0.05, 0) is 42.0 Å². The molecule has 0 aliphatic carbocycles. The summed E-state index contributed by atoms with van der Waals surface area (Å²) in [7, 11) is 1.60. The summed E-state index contributed by atoms with van der Waals surface area (Å²) < 4.78 is 5.56. The van der Waals surface area contributed by atoms with Crippen molar-refractivity contribution < 1.29 is 14.3 Å². The highest BCUT2D eigenvalue weighted by molar-refractivity contribution is 5.93. The molecule has 24 heavy (non-hydrogen) atoms. The highest BCUT2D eigenvalue weighted by Crippen LogP contribution is 2.13. The summed E-state index contributed by atoms with van der Waals surface area (Å²) in [6, 6.07) is 14.7. The summed E-state index contributed by atoms with van der Waals surface area (Å²) in [5, 5.41) is 8.43. The molecule has 0 unspecified atom stereocenters. The number of anilines is 2. The molecule has 2 amide bonds. The van der Waals surface area contributed by atoms with E-state index in [-0.39, 0.29) is 11.8 Å². The topological polar surface area (TPSA) is 79.5 Å². The number of amides is 2. The van der Waals surface area contributed by atoms with Gasteiger partial charge in [0.25, 0.3) is 5.91 Å². The predicted molar refractivity (Wildman–Crippen MR) is 93.9 cm³/mol. The van der Waals surface area contributed by atoms with Gasteiger partial charge in [0.1, 0.15) is 6.73 Å². The molecule has 0 atom stereocenters. The van der Waals surface area contributed by atoms with Crippen LogP contribution >= 0.6 is 0 Å². The van der Waals surface area contributed by atoms with Gasteiger partial charge in [-0.2, -0.15) is 0 Å². The van der Waals surface area contributed by atoms with Crippen LogP contribution in [-0.4, -0.2) is 25.6 Å². The van der Waals surface area contributed by atoms with E-state index in [4.69, 9.17) is 4.74 Å². The number of nitrogens with one attached hydrogen (secondary N) is 3. The van der Waals surface area contributed by atoms with Gasteiger partial charge >= 0.3 is 0 Å². The van der Waals surface area contributed by atoms with E-state index in [0.717, 1.165) is 16.9 Å². The van der Waals surface area contributed by atoms with Gasteiger partial charge in [-0.15, -0.1) is 0 Å². The largest absolute Gasteiger partial charge is 0.363 e. The lowest BCUT2D eigenvalue weighted by molar-refractivity contribution is -0.114. The van der Waals surface area contributed by atoms with E-state index in [2.05, 4.69) is 16.0 Å². The lowest BCUT2D eigenvalue weighted by Crippen LogP contribution is -2.17. The maximum absolute atomic E-state index is 11.4.